The largest absolute Gasteiger partial charge is 0.373 e. The van der Waals surface area contributed by atoms with E-state index >= 15 is 0 Å². The van der Waals surface area contributed by atoms with Crippen LogP contribution in [0.3, 0.4) is 0 Å². The van der Waals surface area contributed by atoms with Crippen LogP contribution in [0.15, 0.2) is 35.4 Å². The Hall–Kier alpha value is -1.40. The summed E-state index contributed by atoms with van der Waals surface area (Å²) in [6.07, 6.45) is 6.63. The SMILES string of the molecule is CCC1CCCCN1C=C1SC(=S)N(c2ccc(F)cc2)C1=O. The summed E-state index contributed by atoms with van der Waals surface area (Å²) in [5.74, 6) is -0.444. The first-order valence-corrected chi connectivity index (χ1v) is 9.12. The van der Waals surface area contributed by atoms with Crippen LogP contribution in [-0.4, -0.2) is 27.7 Å². The van der Waals surface area contributed by atoms with Gasteiger partial charge in [-0.1, -0.05) is 30.9 Å². The van der Waals surface area contributed by atoms with E-state index in [1.165, 1.54) is 41.6 Å². The number of likely N-dealkylation sites (tertiary alicyclic amines) is 1. The Morgan fingerprint density at radius 3 is 2.78 bits per heavy atom. The Morgan fingerprint density at radius 2 is 2.09 bits per heavy atom. The third kappa shape index (κ3) is 3.43. The van der Waals surface area contributed by atoms with E-state index < -0.39 is 0 Å². The maximum Gasteiger partial charge on any atom is 0.272 e. The lowest BCUT2D eigenvalue weighted by molar-refractivity contribution is -0.113. The van der Waals surface area contributed by atoms with Crippen molar-refractivity contribution < 1.29 is 9.18 Å². The smallest absolute Gasteiger partial charge is 0.272 e. The third-order valence-electron chi connectivity index (χ3n) is 4.31. The van der Waals surface area contributed by atoms with Gasteiger partial charge in [0.2, 0.25) is 0 Å². The Balaban J connectivity index is 1.83. The molecule has 0 radical (unpaired) electrons. The Kier molecular flexibility index (Phi) is 5.02. The van der Waals surface area contributed by atoms with Gasteiger partial charge < -0.3 is 4.90 Å². The number of rotatable bonds is 3. The quantitative estimate of drug-likeness (QED) is 0.599. The van der Waals surface area contributed by atoms with Gasteiger partial charge in [0.1, 0.15) is 5.82 Å². The van der Waals surface area contributed by atoms with Crippen molar-refractivity contribution >= 4 is 39.9 Å². The fraction of sp³-hybridized carbons (Fsp3) is 0.412. The molecule has 2 aliphatic heterocycles. The number of hydrogen-bond acceptors (Lipinski definition) is 4. The van der Waals surface area contributed by atoms with E-state index in [1.54, 1.807) is 12.1 Å². The summed E-state index contributed by atoms with van der Waals surface area (Å²) in [6.45, 7) is 3.17. The second kappa shape index (κ2) is 7.01. The molecule has 1 aromatic carbocycles. The predicted molar refractivity (Wildman–Crippen MR) is 96.8 cm³/mol. The molecule has 1 unspecified atom stereocenters. The summed E-state index contributed by atoms with van der Waals surface area (Å²) < 4.78 is 13.6. The average Bonchev–Trinajstić information content (AvgIpc) is 2.83. The van der Waals surface area contributed by atoms with Gasteiger partial charge in [0.05, 0.1) is 10.6 Å². The van der Waals surface area contributed by atoms with Crippen molar-refractivity contribution in [3.05, 3.63) is 41.2 Å². The Labute approximate surface area is 145 Å². The van der Waals surface area contributed by atoms with Crippen molar-refractivity contribution in [2.75, 3.05) is 11.4 Å². The average molecular weight is 350 g/mol. The lowest BCUT2D eigenvalue weighted by Crippen LogP contribution is -2.35. The zero-order valence-electron chi connectivity index (χ0n) is 13.0. The minimum absolute atomic E-state index is 0.118. The van der Waals surface area contributed by atoms with E-state index in [1.807, 2.05) is 6.20 Å². The van der Waals surface area contributed by atoms with Crippen LogP contribution in [0.4, 0.5) is 10.1 Å². The van der Waals surface area contributed by atoms with E-state index in [0.29, 0.717) is 21.0 Å². The first kappa shape index (κ1) is 16.5. The molecule has 2 fully saturated rings. The molecule has 2 saturated heterocycles. The minimum atomic E-state index is -0.325. The molecular weight excluding hydrogens is 331 g/mol. The lowest BCUT2D eigenvalue weighted by Gasteiger charge is -2.34. The normalized spacial score (nSPS) is 23.9. The number of halogens is 1. The van der Waals surface area contributed by atoms with Gasteiger partial charge in [0.25, 0.3) is 5.91 Å². The molecule has 6 heteroatoms. The highest BCUT2D eigenvalue weighted by atomic mass is 32.2. The van der Waals surface area contributed by atoms with Crippen molar-refractivity contribution in [1.29, 1.82) is 0 Å². The molecule has 0 N–H and O–H groups in total. The highest BCUT2D eigenvalue weighted by Crippen LogP contribution is 2.36. The van der Waals surface area contributed by atoms with Gasteiger partial charge in [-0.2, -0.15) is 0 Å². The summed E-state index contributed by atoms with van der Waals surface area (Å²) in [5.41, 5.74) is 0.614. The number of thiocarbonyl (C=S) groups is 1. The fourth-order valence-electron chi connectivity index (χ4n) is 3.05. The first-order chi connectivity index (χ1) is 11.1. The monoisotopic (exact) mass is 350 g/mol. The van der Waals surface area contributed by atoms with Gasteiger partial charge in [-0.05, 0) is 49.9 Å². The van der Waals surface area contributed by atoms with Gasteiger partial charge in [0, 0.05) is 18.8 Å². The third-order valence-corrected chi connectivity index (χ3v) is 5.60. The van der Waals surface area contributed by atoms with E-state index in [0.717, 1.165) is 19.4 Å². The van der Waals surface area contributed by atoms with Crippen LogP contribution in [0, 0.1) is 5.82 Å². The van der Waals surface area contributed by atoms with Gasteiger partial charge in [-0.3, -0.25) is 9.69 Å². The van der Waals surface area contributed by atoms with Gasteiger partial charge in [-0.25, -0.2) is 4.39 Å². The highest BCUT2D eigenvalue weighted by molar-refractivity contribution is 8.27. The van der Waals surface area contributed by atoms with E-state index in [-0.39, 0.29) is 11.7 Å². The summed E-state index contributed by atoms with van der Waals surface area (Å²) in [4.78, 5) is 17.1. The molecule has 2 heterocycles. The van der Waals surface area contributed by atoms with E-state index in [2.05, 4.69) is 11.8 Å². The van der Waals surface area contributed by atoms with Crippen molar-refractivity contribution in [3.8, 4) is 0 Å². The number of piperidine rings is 1. The summed E-state index contributed by atoms with van der Waals surface area (Å²) in [5, 5.41) is 0. The molecule has 1 atom stereocenters. The van der Waals surface area contributed by atoms with Gasteiger partial charge in [-0.15, -0.1) is 0 Å². The van der Waals surface area contributed by atoms with Crippen LogP contribution in [0.1, 0.15) is 32.6 Å². The molecule has 3 rings (SSSR count). The second-order valence-electron chi connectivity index (χ2n) is 5.77. The van der Waals surface area contributed by atoms with Crippen molar-refractivity contribution in [1.82, 2.24) is 4.90 Å². The molecule has 23 heavy (non-hydrogen) atoms. The van der Waals surface area contributed by atoms with Crippen LogP contribution in [-0.2, 0) is 4.79 Å². The maximum atomic E-state index is 13.1. The van der Waals surface area contributed by atoms with Crippen LogP contribution >= 0.6 is 24.0 Å². The topological polar surface area (TPSA) is 23.6 Å². The van der Waals surface area contributed by atoms with Crippen LogP contribution in [0.25, 0.3) is 0 Å². The Morgan fingerprint density at radius 1 is 1.35 bits per heavy atom. The summed E-state index contributed by atoms with van der Waals surface area (Å²) >= 11 is 6.67. The number of carbonyl (C=O) groups is 1. The predicted octanol–water partition coefficient (Wildman–Crippen LogP) is 4.30. The van der Waals surface area contributed by atoms with Crippen molar-refractivity contribution in [2.45, 2.75) is 38.6 Å². The molecule has 0 aromatic heterocycles. The van der Waals surface area contributed by atoms with Crippen molar-refractivity contribution in [2.24, 2.45) is 0 Å². The molecular formula is C17H19FN2OS2. The van der Waals surface area contributed by atoms with Gasteiger partial charge >= 0.3 is 0 Å². The lowest BCUT2D eigenvalue weighted by atomic mass is 10.0. The molecule has 0 bridgehead atoms. The molecule has 0 aliphatic carbocycles. The fourth-order valence-corrected chi connectivity index (χ4v) is 4.34. The summed E-state index contributed by atoms with van der Waals surface area (Å²) in [7, 11) is 0. The molecule has 2 aliphatic rings. The molecule has 1 amide bonds. The van der Waals surface area contributed by atoms with Gasteiger partial charge in [0.15, 0.2) is 4.32 Å². The molecule has 1 aromatic rings. The number of anilines is 1. The van der Waals surface area contributed by atoms with Crippen LogP contribution in [0.2, 0.25) is 0 Å². The van der Waals surface area contributed by atoms with E-state index in [4.69, 9.17) is 12.2 Å². The minimum Gasteiger partial charge on any atom is -0.373 e. The number of thioether (sulfide) groups is 1. The number of benzene rings is 1. The zero-order valence-corrected chi connectivity index (χ0v) is 14.6. The molecule has 3 nitrogen and oxygen atoms in total. The number of nitrogens with zero attached hydrogens (tertiary/aromatic N) is 2. The van der Waals surface area contributed by atoms with Crippen LogP contribution < -0.4 is 4.90 Å². The molecule has 0 spiro atoms. The molecule has 122 valence electrons. The van der Waals surface area contributed by atoms with E-state index in [9.17, 15) is 9.18 Å². The summed E-state index contributed by atoms with van der Waals surface area (Å²) in [6, 6.07) is 6.35. The maximum absolute atomic E-state index is 13.1. The highest BCUT2D eigenvalue weighted by Gasteiger charge is 2.34. The molecule has 0 saturated carbocycles. The number of carbonyl (C=O) groups excluding carboxylic acids is 1. The first-order valence-electron chi connectivity index (χ1n) is 7.89. The zero-order chi connectivity index (χ0) is 16.4. The van der Waals surface area contributed by atoms with Crippen molar-refractivity contribution in [3.63, 3.8) is 0 Å². The van der Waals surface area contributed by atoms with Crippen LogP contribution in [0.5, 0.6) is 0 Å². The number of hydrogen-bond donors (Lipinski definition) is 0. The Bertz CT molecular complexity index is 644. The standard InChI is InChI=1S/C17H19FN2OS2/c1-2-13-5-3-4-10-19(13)11-15-16(21)20(17(22)23-15)14-8-6-12(18)7-9-14/h6-9,11,13H,2-5,10H2,1H3. The number of amides is 1. The second-order valence-corrected chi connectivity index (χ2v) is 7.45.